The average Bonchev–Trinajstić information content (AvgIpc) is 3.29. The molecule has 386 valence electrons. The highest BCUT2D eigenvalue weighted by Gasteiger charge is 2.26. The molecule has 8 nitrogen and oxygen atoms in total. The van der Waals surface area contributed by atoms with Gasteiger partial charge in [-0.15, -0.1) is 0 Å². The Bertz CT molecular complexity index is 1390. The van der Waals surface area contributed by atoms with Gasteiger partial charge in [0.1, 0.15) is 19.3 Å². The summed E-state index contributed by atoms with van der Waals surface area (Å²) in [7, 11) is 1.65. The van der Waals surface area contributed by atoms with E-state index in [1.807, 2.05) is 21.1 Å². The van der Waals surface area contributed by atoms with Crippen molar-refractivity contribution in [1.29, 1.82) is 0 Å². The number of hydrogen-bond donors (Lipinski definition) is 1. The van der Waals surface area contributed by atoms with E-state index in [-0.39, 0.29) is 25.8 Å². The summed E-state index contributed by atoms with van der Waals surface area (Å²) >= 11 is 0. The maximum absolute atomic E-state index is 12.8. The number of ether oxygens (including phenoxy) is 2. The summed E-state index contributed by atoms with van der Waals surface area (Å²) in [5, 5.41) is 0. The maximum atomic E-state index is 12.8. The molecule has 0 radical (unpaired) electrons. The van der Waals surface area contributed by atoms with Crippen molar-refractivity contribution in [3.8, 4) is 0 Å². The number of phosphoric acid groups is 1. The lowest BCUT2D eigenvalue weighted by Crippen LogP contribution is -2.37. The van der Waals surface area contributed by atoms with E-state index in [0.29, 0.717) is 24.1 Å². The van der Waals surface area contributed by atoms with Gasteiger partial charge < -0.3 is 18.9 Å². The zero-order valence-corrected chi connectivity index (χ0v) is 44.7. The first-order valence-electron chi connectivity index (χ1n) is 27.0. The molecule has 0 spiro atoms. The lowest BCUT2D eigenvalue weighted by Gasteiger charge is -2.24. The number of allylic oxidation sites excluding steroid dienone is 16. The van der Waals surface area contributed by atoms with Crippen LogP contribution in [-0.2, 0) is 27.9 Å². The number of quaternary nitrogens is 1. The second kappa shape index (κ2) is 49.8. The molecule has 0 aromatic rings. The minimum atomic E-state index is -4.29. The molecule has 0 fully saturated rings. The van der Waals surface area contributed by atoms with Crippen molar-refractivity contribution in [2.75, 3.05) is 54.1 Å². The molecule has 0 heterocycles. The zero-order chi connectivity index (χ0) is 49.0. The first-order chi connectivity index (χ1) is 32.6. The van der Waals surface area contributed by atoms with Gasteiger partial charge in [-0.2, -0.15) is 0 Å². The Morgan fingerprint density at radius 3 is 1.22 bits per heavy atom. The highest BCUT2D eigenvalue weighted by atomic mass is 31.2. The van der Waals surface area contributed by atoms with Crippen LogP contribution in [0.1, 0.15) is 206 Å². The fourth-order valence-corrected chi connectivity index (χ4v) is 7.81. The molecule has 0 aromatic heterocycles. The molecule has 0 aromatic carbocycles. The van der Waals surface area contributed by atoms with Gasteiger partial charge in [-0.25, -0.2) is 4.57 Å². The molecular formula is C58H103NO7P+. The molecule has 0 aliphatic rings. The highest BCUT2D eigenvalue weighted by molar-refractivity contribution is 7.47. The van der Waals surface area contributed by atoms with Crippen molar-refractivity contribution in [3.63, 3.8) is 0 Å². The second-order valence-electron chi connectivity index (χ2n) is 18.8. The van der Waals surface area contributed by atoms with E-state index in [1.54, 1.807) is 0 Å². The lowest BCUT2D eigenvalue weighted by atomic mass is 10.0. The Hall–Kier alpha value is -2.58. The monoisotopic (exact) mass is 957 g/mol. The average molecular weight is 957 g/mol. The van der Waals surface area contributed by atoms with E-state index in [4.69, 9.17) is 18.5 Å². The second-order valence-corrected chi connectivity index (χ2v) is 20.3. The van der Waals surface area contributed by atoms with Crippen LogP contribution in [0.4, 0.5) is 0 Å². The number of rotatable bonds is 49. The number of hydrogen-bond acceptors (Lipinski definition) is 6. The van der Waals surface area contributed by atoms with Crippen molar-refractivity contribution in [1.82, 2.24) is 0 Å². The third-order valence-electron chi connectivity index (χ3n) is 11.1. The Labute approximate surface area is 413 Å². The van der Waals surface area contributed by atoms with Crippen molar-refractivity contribution >= 4 is 13.8 Å². The van der Waals surface area contributed by atoms with Crippen molar-refractivity contribution in [2.45, 2.75) is 213 Å². The van der Waals surface area contributed by atoms with Crippen LogP contribution in [0.2, 0.25) is 0 Å². The molecular weight excluding hydrogens is 854 g/mol. The Balaban J connectivity index is 4.14. The predicted molar refractivity (Wildman–Crippen MR) is 288 cm³/mol. The van der Waals surface area contributed by atoms with E-state index < -0.39 is 13.9 Å². The van der Waals surface area contributed by atoms with Crippen molar-refractivity contribution in [3.05, 3.63) is 97.2 Å². The highest BCUT2D eigenvalue weighted by Crippen LogP contribution is 2.43. The van der Waals surface area contributed by atoms with Gasteiger partial charge in [0.15, 0.2) is 0 Å². The van der Waals surface area contributed by atoms with Crippen LogP contribution >= 0.6 is 7.82 Å². The minimum Gasteiger partial charge on any atom is -0.457 e. The normalized spacial score (nSPS) is 14.3. The fraction of sp³-hybridized carbons (Fsp3) is 0.707. The topological polar surface area (TPSA) is 91.3 Å². The summed E-state index contributed by atoms with van der Waals surface area (Å²) in [4.78, 5) is 23.1. The minimum absolute atomic E-state index is 0.0811. The number of phosphoric ester groups is 1. The molecule has 1 N–H and O–H groups in total. The van der Waals surface area contributed by atoms with Crippen LogP contribution in [-0.4, -0.2) is 75.6 Å². The van der Waals surface area contributed by atoms with Crippen LogP contribution in [0, 0.1) is 0 Å². The molecule has 0 aliphatic heterocycles. The summed E-state index contributed by atoms with van der Waals surface area (Å²) in [5.74, 6) is -0.323. The largest absolute Gasteiger partial charge is 0.472 e. The smallest absolute Gasteiger partial charge is 0.457 e. The number of likely N-dealkylation sites (N-methyl/N-ethyl adjacent to an activating group) is 1. The van der Waals surface area contributed by atoms with Gasteiger partial charge in [-0.1, -0.05) is 207 Å². The standard InChI is InChI=1S/C58H102NO7P/c1-6-8-10-12-14-16-18-20-22-24-26-28-29-30-31-32-33-35-37-39-41-43-45-47-49-51-58(60)66-57(56-65-67(61,62)64-54-52-59(3,4)5)55-63-53-50-48-46-44-42-40-38-36-34-27-25-23-21-19-17-15-13-11-9-7-2/h8-11,14-17,20-23,26-28,34,57H,6-7,12-13,18-19,24-25,29-33,35-56H2,1-5H3/p+1/b10-8-,11-9-,16-14-,17-15-,22-20-,23-21-,28-26-,34-27-. The molecule has 0 aliphatic carbocycles. The molecule has 0 saturated carbocycles. The van der Waals surface area contributed by atoms with E-state index >= 15 is 0 Å². The van der Waals surface area contributed by atoms with E-state index in [0.717, 1.165) is 89.9 Å². The Morgan fingerprint density at radius 1 is 0.463 bits per heavy atom. The number of carbonyl (C=O) groups is 1. The van der Waals surface area contributed by atoms with Gasteiger partial charge in [-0.3, -0.25) is 13.8 Å². The van der Waals surface area contributed by atoms with Crippen LogP contribution in [0.3, 0.4) is 0 Å². The number of nitrogens with zero attached hydrogens (tertiary/aromatic N) is 1. The summed E-state index contributed by atoms with van der Waals surface area (Å²) < 4.78 is 35.2. The molecule has 2 atom stereocenters. The Morgan fingerprint density at radius 2 is 0.821 bits per heavy atom. The summed E-state index contributed by atoms with van der Waals surface area (Å²) in [6.07, 6.45) is 68.9. The third-order valence-corrected chi connectivity index (χ3v) is 12.1. The van der Waals surface area contributed by atoms with Gasteiger partial charge in [0.2, 0.25) is 0 Å². The fourth-order valence-electron chi connectivity index (χ4n) is 7.07. The molecule has 67 heavy (non-hydrogen) atoms. The van der Waals surface area contributed by atoms with Crippen LogP contribution in [0.5, 0.6) is 0 Å². The lowest BCUT2D eigenvalue weighted by molar-refractivity contribution is -0.870. The van der Waals surface area contributed by atoms with Gasteiger partial charge >= 0.3 is 13.8 Å². The number of unbranched alkanes of at least 4 members (excludes halogenated alkanes) is 19. The van der Waals surface area contributed by atoms with Crippen molar-refractivity contribution < 1.29 is 37.3 Å². The van der Waals surface area contributed by atoms with Gasteiger partial charge in [0.25, 0.3) is 0 Å². The van der Waals surface area contributed by atoms with Crippen LogP contribution in [0.15, 0.2) is 97.2 Å². The molecule has 0 amide bonds. The zero-order valence-electron chi connectivity index (χ0n) is 43.9. The molecule has 0 rings (SSSR count). The van der Waals surface area contributed by atoms with Crippen molar-refractivity contribution in [2.24, 2.45) is 0 Å². The van der Waals surface area contributed by atoms with E-state index in [9.17, 15) is 14.3 Å². The van der Waals surface area contributed by atoms with E-state index in [1.165, 1.54) is 96.3 Å². The van der Waals surface area contributed by atoms with Gasteiger partial charge in [0, 0.05) is 13.0 Å². The first-order valence-corrected chi connectivity index (χ1v) is 28.5. The van der Waals surface area contributed by atoms with Gasteiger partial charge in [-0.05, 0) is 89.9 Å². The van der Waals surface area contributed by atoms with Crippen LogP contribution in [0.25, 0.3) is 0 Å². The quantitative estimate of drug-likeness (QED) is 0.0213. The molecule has 0 bridgehead atoms. The number of carbonyl (C=O) groups excluding carboxylic acids is 1. The first kappa shape index (κ1) is 64.4. The third kappa shape index (κ3) is 54.2. The molecule has 0 saturated heterocycles. The van der Waals surface area contributed by atoms with E-state index in [2.05, 4.69) is 111 Å². The summed E-state index contributed by atoms with van der Waals surface area (Å²) in [6, 6.07) is 0. The maximum Gasteiger partial charge on any atom is 0.472 e. The molecule has 9 heteroatoms. The number of esters is 1. The Kier molecular flexibility index (Phi) is 47.9. The molecule has 2 unspecified atom stereocenters. The SMILES string of the molecule is CC/C=C\C/C=C\C/C=C\C/C=C\CCCCCCCCCCCCCCC(=O)OC(COCCCCCCCCC/C=C\C/C=C\C/C=C\C/C=C\CC)COP(=O)(O)OCC[N+](C)(C)C. The van der Waals surface area contributed by atoms with Crippen LogP contribution < -0.4 is 0 Å². The predicted octanol–water partition coefficient (Wildman–Crippen LogP) is 16.9. The summed E-state index contributed by atoms with van der Waals surface area (Å²) in [5.41, 5.74) is 0. The summed E-state index contributed by atoms with van der Waals surface area (Å²) in [6.45, 7) is 5.37. The van der Waals surface area contributed by atoms with Gasteiger partial charge in [0.05, 0.1) is 34.4 Å².